The maximum Gasteiger partial charge on any atom is 0.302 e. The fourth-order valence-corrected chi connectivity index (χ4v) is 0.617. The number of ether oxygens (including phenoxy) is 2. The average Bonchev–Trinajstić information content (AvgIpc) is 1.98. The van der Waals surface area contributed by atoms with Crippen LogP contribution >= 0.6 is 0 Å². The molecule has 3 heteroatoms. The molecule has 66 valence electrons. The Bertz CT molecular complexity index is 123. The number of methoxy groups -OCH3 is 1. The molecule has 0 saturated heterocycles. The molecule has 0 rings (SSSR count). The second kappa shape index (κ2) is 5.13. The lowest BCUT2D eigenvalue weighted by molar-refractivity contribution is -0.143. The third kappa shape index (κ3) is 4.79. The minimum atomic E-state index is -0.236. The summed E-state index contributed by atoms with van der Waals surface area (Å²) in [7, 11) is 1.65. The molecule has 0 N–H and O–H groups in total. The van der Waals surface area contributed by atoms with Crippen LogP contribution in [0.15, 0.2) is 0 Å². The average molecular weight is 160 g/mol. The molecule has 2 atom stereocenters. The number of hydrogen-bond donors (Lipinski definition) is 0. The zero-order valence-corrected chi connectivity index (χ0v) is 7.59. The molecule has 0 aliphatic heterocycles. The van der Waals surface area contributed by atoms with Gasteiger partial charge in [0.15, 0.2) is 0 Å². The van der Waals surface area contributed by atoms with Crippen molar-refractivity contribution < 1.29 is 14.3 Å². The van der Waals surface area contributed by atoms with Crippen molar-refractivity contribution in [3.63, 3.8) is 0 Å². The van der Waals surface area contributed by atoms with Gasteiger partial charge in [-0.25, -0.2) is 0 Å². The third-order valence-electron chi connectivity index (χ3n) is 1.72. The highest BCUT2D eigenvalue weighted by atomic mass is 16.5. The van der Waals surface area contributed by atoms with E-state index in [9.17, 15) is 4.79 Å². The standard InChI is InChI=1S/C8H16O3/c1-6(7(2)10-4)5-11-8(3)9/h6-7H,5H2,1-4H3. The molecule has 3 nitrogen and oxygen atoms in total. The van der Waals surface area contributed by atoms with Crippen molar-refractivity contribution in [1.82, 2.24) is 0 Å². The first kappa shape index (κ1) is 10.4. The second-order valence-corrected chi connectivity index (χ2v) is 2.72. The lowest BCUT2D eigenvalue weighted by Crippen LogP contribution is -2.22. The lowest BCUT2D eigenvalue weighted by atomic mass is 10.1. The summed E-state index contributed by atoms with van der Waals surface area (Å²) >= 11 is 0. The fraction of sp³-hybridized carbons (Fsp3) is 0.875. The predicted octanol–water partition coefficient (Wildman–Crippen LogP) is 1.22. The number of carbonyl (C=O) groups excluding carboxylic acids is 1. The normalized spacial score (nSPS) is 15.6. The molecule has 11 heavy (non-hydrogen) atoms. The zero-order valence-electron chi connectivity index (χ0n) is 7.59. The van der Waals surface area contributed by atoms with E-state index in [1.54, 1.807) is 7.11 Å². The predicted molar refractivity (Wildman–Crippen MR) is 42.3 cm³/mol. The van der Waals surface area contributed by atoms with Crippen LogP contribution in [0.3, 0.4) is 0 Å². The van der Waals surface area contributed by atoms with Crippen LogP contribution in [0.2, 0.25) is 0 Å². The molecule has 0 spiro atoms. The summed E-state index contributed by atoms with van der Waals surface area (Å²) in [4.78, 5) is 10.4. The van der Waals surface area contributed by atoms with E-state index in [4.69, 9.17) is 9.47 Å². The molecule has 2 unspecified atom stereocenters. The molecule has 0 aromatic heterocycles. The van der Waals surface area contributed by atoms with E-state index in [1.807, 2.05) is 13.8 Å². The molecule has 0 amide bonds. The maximum atomic E-state index is 10.4. The first-order chi connectivity index (χ1) is 5.07. The van der Waals surface area contributed by atoms with E-state index in [1.165, 1.54) is 6.92 Å². The van der Waals surface area contributed by atoms with Gasteiger partial charge in [0.05, 0.1) is 12.7 Å². The van der Waals surface area contributed by atoms with Crippen molar-refractivity contribution in [3.8, 4) is 0 Å². The Morgan fingerprint density at radius 2 is 2.00 bits per heavy atom. The Kier molecular flexibility index (Phi) is 4.86. The Morgan fingerprint density at radius 3 is 2.36 bits per heavy atom. The van der Waals surface area contributed by atoms with Crippen molar-refractivity contribution in [2.45, 2.75) is 26.9 Å². The Labute approximate surface area is 67.7 Å². The smallest absolute Gasteiger partial charge is 0.302 e. The summed E-state index contributed by atoms with van der Waals surface area (Å²) in [5.74, 6) is 0.0176. The van der Waals surface area contributed by atoms with E-state index in [2.05, 4.69) is 0 Å². The van der Waals surface area contributed by atoms with Gasteiger partial charge in [0.25, 0.3) is 0 Å². The van der Waals surface area contributed by atoms with Crippen LogP contribution in [0.5, 0.6) is 0 Å². The molecule has 0 radical (unpaired) electrons. The molecule has 0 saturated carbocycles. The van der Waals surface area contributed by atoms with Gasteiger partial charge in [-0.15, -0.1) is 0 Å². The Hall–Kier alpha value is -0.570. The van der Waals surface area contributed by atoms with Gasteiger partial charge < -0.3 is 9.47 Å². The first-order valence-corrected chi connectivity index (χ1v) is 3.74. The van der Waals surface area contributed by atoms with Crippen LogP contribution in [-0.2, 0) is 14.3 Å². The number of rotatable bonds is 4. The summed E-state index contributed by atoms with van der Waals surface area (Å²) in [6.07, 6.45) is 0.134. The van der Waals surface area contributed by atoms with Gasteiger partial charge in [-0.05, 0) is 6.92 Å². The number of carbonyl (C=O) groups is 1. The second-order valence-electron chi connectivity index (χ2n) is 2.72. The van der Waals surface area contributed by atoms with E-state index in [-0.39, 0.29) is 18.0 Å². The van der Waals surface area contributed by atoms with Gasteiger partial charge in [-0.2, -0.15) is 0 Å². The van der Waals surface area contributed by atoms with Crippen LogP contribution in [0, 0.1) is 5.92 Å². The van der Waals surface area contributed by atoms with E-state index < -0.39 is 0 Å². The highest BCUT2D eigenvalue weighted by Crippen LogP contribution is 2.05. The highest BCUT2D eigenvalue weighted by molar-refractivity contribution is 5.65. The summed E-state index contributed by atoms with van der Waals surface area (Å²) < 4.78 is 9.86. The monoisotopic (exact) mass is 160 g/mol. The third-order valence-corrected chi connectivity index (χ3v) is 1.72. The van der Waals surface area contributed by atoms with Crippen molar-refractivity contribution in [2.24, 2.45) is 5.92 Å². The van der Waals surface area contributed by atoms with E-state index in [0.29, 0.717) is 6.61 Å². The molecular weight excluding hydrogens is 144 g/mol. The minimum Gasteiger partial charge on any atom is -0.465 e. The summed E-state index contributed by atoms with van der Waals surface area (Å²) in [6, 6.07) is 0. The Balaban J connectivity index is 3.51. The largest absolute Gasteiger partial charge is 0.465 e. The number of esters is 1. The summed E-state index contributed by atoms with van der Waals surface area (Å²) in [5.41, 5.74) is 0. The summed E-state index contributed by atoms with van der Waals surface area (Å²) in [6.45, 7) is 5.78. The molecule has 0 fully saturated rings. The maximum absolute atomic E-state index is 10.4. The summed E-state index contributed by atoms with van der Waals surface area (Å²) in [5, 5.41) is 0. The first-order valence-electron chi connectivity index (χ1n) is 3.74. The van der Waals surface area contributed by atoms with Crippen molar-refractivity contribution >= 4 is 5.97 Å². The van der Waals surface area contributed by atoms with Gasteiger partial charge in [0, 0.05) is 20.0 Å². The highest BCUT2D eigenvalue weighted by Gasteiger charge is 2.11. The Morgan fingerprint density at radius 1 is 1.45 bits per heavy atom. The van der Waals surface area contributed by atoms with Gasteiger partial charge in [-0.1, -0.05) is 6.92 Å². The van der Waals surface area contributed by atoms with Crippen LogP contribution in [0.1, 0.15) is 20.8 Å². The minimum absolute atomic E-state index is 0.134. The van der Waals surface area contributed by atoms with Crippen LogP contribution in [0.4, 0.5) is 0 Å². The van der Waals surface area contributed by atoms with Crippen LogP contribution in [-0.4, -0.2) is 25.8 Å². The van der Waals surface area contributed by atoms with Crippen molar-refractivity contribution in [2.75, 3.05) is 13.7 Å². The number of hydrogen-bond acceptors (Lipinski definition) is 3. The van der Waals surface area contributed by atoms with E-state index >= 15 is 0 Å². The molecule has 0 aliphatic rings. The van der Waals surface area contributed by atoms with Crippen LogP contribution in [0.25, 0.3) is 0 Å². The quantitative estimate of drug-likeness (QED) is 0.580. The van der Waals surface area contributed by atoms with Gasteiger partial charge in [0.1, 0.15) is 0 Å². The van der Waals surface area contributed by atoms with Crippen LogP contribution < -0.4 is 0 Å². The lowest BCUT2D eigenvalue weighted by Gasteiger charge is -2.17. The molecule has 0 heterocycles. The van der Waals surface area contributed by atoms with Gasteiger partial charge in [-0.3, -0.25) is 4.79 Å². The molecule has 0 aromatic rings. The fourth-order valence-electron chi connectivity index (χ4n) is 0.617. The van der Waals surface area contributed by atoms with E-state index in [0.717, 1.165) is 0 Å². The molecule has 0 aliphatic carbocycles. The topological polar surface area (TPSA) is 35.5 Å². The molecular formula is C8H16O3. The SMILES string of the molecule is COC(C)C(C)COC(C)=O. The van der Waals surface area contributed by atoms with Crippen molar-refractivity contribution in [1.29, 1.82) is 0 Å². The van der Waals surface area contributed by atoms with Crippen molar-refractivity contribution in [3.05, 3.63) is 0 Å². The van der Waals surface area contributed by atoms with Gasteiger partial charge in [0.2, 0.25) is 0 Å². The van der Waals surface area contributed by atoms with Gasteiger partial charge >= 0.3 is 5.97 Å². The molecule has 0 bridgehead atoms. The molecule has 0 aromatic carbocycles. The zero-order chi connectivity index (χ0) is 8.85.